The molecule has 1 amide bonds. The molecule has 0 aliphatic rings. The van der Waals surface area contributed by atoms with Crippen molar-refractivity contribution in [3.05, 3.63) is 80.6 Å². The molecule has 0 aliphatic carbocycles. The number of nitro benzene ring substituents is 1. The van der Waals surface area contributed by atoms with Crippen LogP contribution in [0, 0.1) is 24.0 Å². The second kappa shape index (κ2) is 6.97. The van der Waals surface area contributed by atoms with E-state index in [0.717, 1.165) is 5.69 Å². The number of hydrogen-bond acceptors (Lipinski definition) is 4. The lowest BCUT2D eigenvalue weighted by molar-refractivity contribution is -0.384. The highest BCUT2D eigenvalue weighted by Gasteiger charge is 2.22. The lowest BCUT2D eigenvalue weighted by atomic mass is 10.1. The smallest absolute Gasteiger partial charge is 0.271 e. The van der Waals surface area contributed by atoms with E-state index in [-0.39, 0.29) is 16.4 Å². The van der Waals surface area contributed by atoms with Crippen LogP contribution < -0.4 is 5.32 Å². The van der Waals surface area contributed by atoms with Crippen molar-refractivity contribution in [2.45, 2.75) is 13.8 Å². The van der Waals surface area contributed by atoms with Gasteiger partial charge in [0, 0.05) is 12.1 Å². The monoisotopic (exact) mass is 370 g/mol. The van der Waals surface area contributed by atoms with E-state index in [9.17, 15) is 14.9 Å². The van der Waals surface area contributed by atoms with Crippen LogP contribution in [0.1, 0.15) is 21.6 Å². The van der Waals surface area contributed by atoms with Crippen LogP contribution in [0.5, 0.6) is 0 Å². The van der Waals surface area contributed by atoms with Gasteiger partial charge in [0.2, 0.25) is 0 Å². The number of para-hydroxylation sites is 1. The topological polar surface area (TPSA) is 90.1 Å². The highest BCUT2D eigenvalue weighted by atomic mass is 35.5. The molecule has 26 heavy (non-hydrogen) atoms. The van der Waals surface area contributed by atoms with E-state index < -0.39 is 10.8 Å². The van der Waals surface area contributed by atoms with Gasteiger partial charge in [-0.1, -0.05) is 35.9 Å². The maximum atomic E-state index is 12.7. The number of carbonyl (C=O) groups excluding carboxylic acids is 1. The van der Waals surface area contributed by atoms with Crippen molar-refractivity contribution >= 4 is 28.9 Å². The van der Waals surface area contributed by atoms with Crippen molar-refractivity contribution in [3.63, 3.8) is 0 Å². The van der Waals surface area contributed by atoms with Gasteiger partial charge in [0.05, 0.1) is 22.0 Å². The molecule has 0 radical (unpaired) electrons. The summed E-state index contributed by atoms with van der Waals surface area (Å²) in [6.07, 6.45) is 0. The lowest BCUT2D eigenvalue weighted by Gasteiger charge is -2.08. The van der Waals surface area contributed by atoms with Gasteiger partial charge in [0.25, 0.3) is 11.6 Å². The van der Waals surface area contributed by atoms with Crippen LogP contribution in [-0.2, 0) is 0 Å². The second-order valence-electron chi connectivity index (χ2n) is 5.71. The van der Waals surface area contributed by atoms with E-state index in [1.54, 1.807) is 19.9 Å². The Morgan fingerprint density at radius 1 is 1.19 bits per heavy atom. The van der Waals surface area contributed by atoms with E-state index in [1.165, 1.54) is 16.8 Å². The van der Waals surface area contributed by atoms with Crippen molar-refractivity contribution in [1.29, 1.82) is 0 Å². The Kier molecular flexibility index (Phi) is 4.73. The summed E-state index contributed by atoms with van der Waals surface area (Å²) in [5, 5.41) is 18.1. The number of amides is 1. The summed E-state index contributed by atoms with van der Waals surface area (Å²) in [5.41, 5.74) is 2.36. The number of carbonyl (C=O) groups is 1. The number of nitrogens with zero attached hydrogens (tertiary/aromatic N) is 3. The number of halogens is 1. The van der Waals surface area contributed by atoms with Gasteiger partial charge >= 0.3 is 0 Å². The Bertz CT molecular complexity index is 999. The molecule has 0 unspecified atom stereocenters. The summed E-state index contributed by atoms with van der Waals surface area (Å²) in [5.74, 6) is -0.474. The highest BCUT2D eigenvalue weighted by molar-refractivity contribution is 6.34. The predicted molar refractivity (Wildman–Crippen MR) is 99.1 cm³/mol. The van der Waals surface area contributed by atoms with Gasteiger partial charge in [-0.25, -0.2) is 4.68 Å². The molecule has 0 atom stereocenters. The zero-order valence-electron chi connectivity index (χ0n) is 14.1. The van der Waals surface area contributed by atoms with Crippen LogP contribution in [0.4, 0.5) is 11.4 Å². The minimum Gasteiger partial charge on any atom is -0.321 e. The minimum atomic E-state index is -0.513. The summed E-state index contributed by atoms with van der Waals surface area (Å²) < 4.78 is 1.48. The summed E-state index contributed by atoms with van der Waals surface area (Å²) >= 11 is 6.38. The van der Waals surface area contributed by atoms with Gasteiger partial charge in [0.1, 0.15) is 10.7 Å². The zero-order valence-corrected chi connectivity index (χ0v) is 14.8. The zero-order chi connectivity index (χ0) is 18.8. The maximum absolute atomic E-state index is 12.7. The summed E-state index contributed by atoms with van der Waals surface area (Å²) in [7, 11) is 0. The van der Waals surface area contributed by atoms with Gasteiger partial charge in [-0.05, 0) is 31.5 Å². The second-order valence-corrected chi connectivity index (χ2v) is 6.07. The Balaban J connectivity index is 1.96. The first-order chi connectivity index (χ1) is 12.4. The molecular formula is C18H15ClN4O3. The molecule has 0 spiro atoms. The molecule has 0 saturated heterocycles. The fraction of sp³-hybridized carbons (Fsp3) is 0.111. The van der Waals surface area contributed by atoms with Crippen molar-refractivity contribution in [2.75, 3.05) is 5.32 Å². The fourth-order valence-corrected chi connectivity index (χ4v) is 2.90. The largest absolute Gasteiger partial charge is 0.321 e. The number of nitro groups is 1. The molecule has 1 aromatic heterocycles. The Hall–Kier alpha value is -3.19. The number of anilines is 1. The third kappa shape index (κ3) is 3.29. The van der Waals surface area contributed by atoms with E-state index >= 15 is 0 Å². The quantitative estimate of drug-likeness (QED) is 0.547. The van der Waals surface area contributed by atoms with Crippen molar-refractivity contribution in [2.24, 2.45) is 0 Å². The van der Waals surface area contributed by atoms with E-state index in [2.05, 4.69) is 10.4 Å². The molecule has 0 saturated carbocycles. The Labute approximate surface area is 154 Å². The molecule has 2 aromatic carbocycles. The number of rotatable bonds is 4. The SMILES string of the molecule is Cc1ccc([N+](=O)[O-])cc1NC(=O)c1c(C)nn(-c2ccccc2)c1Cl. The number of aryl methyl sites for hydroxylation is 2. The molecule has 1 heterocycles. The standard InChI is InChI=1S/C18H15ClN4O3/c1-11-8-9-14(23(25)26)10-15(11)20-18(24)16-12(2)21-22(17(16)19)13-6-4-3-5-7-13/h3-10H,1-2H3,(H,20,24). The molecule has 7 nitrogen and oxygen atoms in total. The van der Waals surface area contributed by atoms with Crippen molar-refractivity contribution in [1.82, 2.24) is 9.78 Å². The molecule has 3 aromatic rings. The van der Waals surface area contributed by atoms with E-state index in [0.29, 0.717) is 16.9 Å². The summed E-state index contributed by atoms with van der Waals surface area (Å²) in [6.45, 7) is 3.43. The first kappa shape index (κ1) is 17.6. The van der Waals surface area contributed by atoms with Crippen LogP contribution >= 0.6 is 11.6 Å². The highest BCUT2D eigenvalue weighted by Crippen LogP contribution is 2.26. The minimum absolute atomic E-state index is 0.103. The van der Waals surface area contributed by atoms with E-state index in [4.69, 9.17) is 11.6 Å². The van der Waals surface area contributed by atoms with Crippen molar-refractivity contribution in [3.8, 4) is 5.69 Å². The number of hydrogen-bond donors (Lipinski definition) is 1. The molecule has 3 rings (SSSR count). The molecule has 0 fully saturated rings. The van der Waals surface area contributed by atoms with Crippen LogP contribution in [0.15, 0.2) is 48.5 Å². The van der Waals surface area contributed by atoms with Crippen LogP contribution in [-0.4, -0.2) is 20.6 Å². The molecule has 132 valence electrons. The number of benzene rings is 2. The molecule has 8 heteroatoms. The van der Waals surface area contributed by atoms with Gasteiger partial charge in [-0.2, -0.15) is 5.10 Å². The lowest BCUT2D eigenvalue weighted by Crippen LogP contribution is -2.14. The number of aromatic nitrogens is 2. The van der Waals surface area contributed by atoms with Crippen LogP contribution in [0.25, 0.3) is 5.69 Å². The third-order valence-electron chi connectivity index (χ3n) is 3.91. The summed E-state index contributed by atoms with van der Waals surface area (Å²) in [6, 6.07) is 13.5. The van der Waals surface area contributed by atoms with Crippen molar-refractivity contribution < 1.29 is 9.72 Å². The Morgan fingerprint density at radius 2 is 1.88 bits per heavy atom. The van der Waals surface area contributed by atoms with Crippen LogP contribution in [0.3, 0.4) is 0 Å². The number of nitrogens with one attached hydrogen (secondary N) is 1. The van der Waals surface area contributed by atoms with Gasteiger partial charge in [0.15, 0.2) is 0 Å². The molecule has 1 N–H and O–H groups in total. The molecular weight excluding hydrogens is 356 g/mol. The number of non-ortho nitro benzene ring substituents is 1. The normalized spacial score (nSPS) is 10.6. The first-order valence-electron chi connectivity index (χ1n) is 7.75. The average molecular weight is 371 g/mol. The van der Waals surface area contributed by atoms with E-state index in [1.807, 2.05) is 30.3 Å². The maximum Gasteiger partial charge on any atom is 0.271 e. The third-order valence-corrected chi connectivity index (χ3v) is 4.26. The fourth-order valence-electron chi connectivity index (χ4n) is 2.54. The van der Waals surface area contributed by atoms with Gasteiger partial charge in [-0.15, -0.1) is 0 Å². The first-order valence-corrected chi connectivity index (χ1v) is 8.13. The summed E-state index contributed by atoms with van der Waals surface area (Å²) in [4.78, 5) is 23.1. The average Bonchev–Trinajstić information content (AvgIpc) is 2.92. The van der Waals surface area contributed by atoms with Gasteiger partial charge in [-0.3, -0.25) is 14.9 Å². The predicted octanol–water partition coefficient (Wildman–Crippen LogP) is 4.30. The Morgan fingerprint density at radius 3 is 2.54 bits per heavy atom. The molecule has 0 aliphatic heterocycles. The molecule has 0 bridgehead atoms. The van der Waals surface area contributed by atoms with Crippen LogP contribution in [0.2, 0.25) is 5.15 Å². The van der Waals surface area contributed by atoms with Gasteiger partial charge < -0.3 is 5.32 Å².